The third-order valence-electron chi connectivity index (χ3n) is 5.59. The van der Waals surface area contributed by atoms with Crippen LogP contribution in [0.1, 0.15) is 36.0 Å². The first-order chi connectivity index (χ1) is 13.7. The van der Waals surface area contributed by atoms with Crippen molar-refractivity contribution in [1.82, 2.24) is 10.2 Å². The van der Waals surface area contributed by atoms with Gasteiger partial charge in [0.05, 0.1) is 35.6 Å². The monoisotopic (exact) mass is 409 g/mol. The molecule has 6 nitrogen and oxygen atoms in total. The third-order valence-corrected chi connectivity index (χ3v) is 5.59. The molecule has 29 heavy (non-hydrogen) atoms. The van der Waals surface area contributed by atoms with E-state index in [0.29, 0.717) is 31.0 Å². The number of aromatic hydroxyl groups is 1. The molecule has 2 N–H and O–H groups in total. The highest BCUT2D eigenvalue weighted by atomic mass is 19.4. The predicted molar refractivity (Wildman–Crippen MR) is 99.9 cm³/mol. The number of rotatable bonds is 2. The summed E-state index contributed by atoms with van der Waals surface area (Å²) in [5, 5.41) is 28.8. The Hall–Kier alpha value is -2.39. The average Bonchev–Trinajstić information content (AvgIpc) is 2.97. The van der Waals surface area contributed by atoms with Crippen LogP contribution >= 0.6 is 0 Å². The van der Waals surface area contributed by atoms with Crippen LogP contribution in [0.15, 0.2) is 18.2 Å². The average molecular weight is 409 g/mol. The maximum atomic E-state index is 13.6. The zero-order valence-corrected chi connectivity index (χ0v) is 16.1. The van der Waals surface area contributed by atoms with Gasteiger partial charge in [-0.3, -0.25) is 0 Å². The number of aromatic nitrogens is 2. The van der Waals surface area contributed by atoms with Crippen molar-refractivity contribution in [2.75, 3.05) is 24.7 Å². The van der Waals surface area contributed by atoms with Crippen LogP contribution in [0, 0.1) is 6.92 Å². The SMILES string of the molecule is Cc1cc(O)c(-c2cc3c(nn2)N([C@@H]2CCOC[C@H]2O)C[C@@H]3C)c(C(F)(F)F)c1. The number of phenols is 1. The summed E-state index contributed by atoms with van der Waals surface area (Å²) in [7, 11) is 0. The molecule has 156 valence electrons. The molecule has 1 saturated heterocycles. The van der Waals surface area contributed by atoms with Gasteiger partial charge in [0, 0.05) is 24.6 Å². The van der Waals surface area contributed by atoms with Gasteiger partial charge in [-0.2, -0.15) is 13.2 Å². The van der Waals surface area contributed by atoms with Crippen molar-refractivity contribution in [3.05, 3.63) is 34.9 Å². The van der Waals surface area contributed by atoms with Gasteiger partial charge in [0.25, 0.3) is 0 Å². The maximum absolute atomic E-state index is 13.6. The number of aliphatic hydroxyl groups is 1. The predicted octanol–water partition coefficient (Wildman–Crippen LogP) is 3.25. The van der Waals surface area contributed by atoms with Crippen molar-refractivity contribution in [1.29, 1.82) is 0 Å². The van der Waals surface area contributed by atoms with Crippen LogP contribution in [0.4, 0.5) is 19.0 Å². The molecular weight excluding hydrogens is 387 g/mol. The van der Waals surface area contributed by atoms with Gasteiger partial charge >= 0.3 is 6.18 Å². The molecule has 0 amide bonds. The topological polar surface area (TPSA) is 78.7 Å². The molecule has 0 bridgehead atoms. The van der Waals surface area contributed by atoms with Gasteiger partial charge in [-0.15, -0.1) is 10.2 Å². The first-order valence-electron chi connectivity index (χ1n) is 9.48. The van der Waals surface area contributed by atoms with Crippen LogP contribution in [-0.4, -0.2) is 52.3 Å². The van der Waals surface area contributed by atoms with E-state index in [1.807, 2.05) is 11.8 Å². The van der Waals surface area contributed by atoms with Gasteiger partial charge in [0.15, 0.2) is 5.82 Å². The molecule has 3 heterocycles. The Labute approximate surface area is 165 Å². The molecule has 9 heteroatoms. The maximum Gasteiger partial charge on any atom is 0.417 e. The molecule has 1 aromatic heterocycles. The molecule has 0 unspecified atom stereocenters. The van der Waals surface area contributed by atoms with E-state index < -0.39 is 23.6 Å². The van der Waals surface area contributed by atoms with Crippen molar-refractivity contribution in [2.24, 2.45) is 0 Å². The molecule has 2 aromatic rings. The van der Waals surface area contributed by atoms with Crippen LogP contribution < -0.4 is 4.90 Å². The lowest BCUT2D eigenvalue weighted by molar-refractivity contribution is -0.137. The summed E-state index contributed by atoms with van der Waals surface area (Å²) in [6, 6.07) is 3.68. The van der Waals surface area contributed by atoms with Crippen LogP contribution in [0.25, 0.3) is 11.3 Å². The van der Waals surface area contributed by atoms with E-state index in [4.69, 9.17) is 4.74 Å². The smallest absolute Gasteiger partial charge is 0.417 e. The lowest BCUT2D eigenvalue weighted by Gasteiger charge is -2.36. The molecule has 1 fully saturated rings. The largest absolute Gasteiger partial charge is 0.507 e. The molecule has 0 radical (unpaired) electrons. The number of fused-ring (bicyclic) bond motifs is 1. The second kappa shape index (κ2) is 7.14. The summed E-state index contributed by atoms with van der Waals surface area (Å²) < 4.78 is 46.0. The zero-order chi connectivity index (χ0) is 20.9. The number of anilines is 1. The van der Waals surface area contributed by atoms with E-state index in [-0.39, 0.29) is 29.8 Å². The molecule has 0 aliphatic carbocycles. The van der Waals surface area contributed by atoms with Crippen molar-refractivity contribution in [3.8, 4) is 17.0 Å². The fourth-order valence-corrected chi connectivity index (χ4v) is 4.22. The summed E-state index contributed by atoms with van der Waals surface area (Å²) in [6.45, 7) is 4.80. The number of benzene rings is 1. The second-order valence-corrected chi connectivity index (χ2v) is 7.76. The zero-order valence-electron chi connectivity index (χ0n) is 16.1. The van der Waals surface area contributed by atoms with Crippen LogP contribution in [-0.2, 0) is 10.9 Å². The van der Waals surface area contributed by atoms with E-state index in [0.717, 1.165) is 11.6 Å². The molecule has 0 saturated carbocycles. The molecule has 3 atom stereocenters. The lowest BCUT2D eigenvalue weighted by atomic mass is 9.97. The molecule has 1 aromatic carbocycles. The van der Waals surface area contributed by atoms with Crippen molar-refractivity contribution < 1.29 is 28.1 Å². The van der Waals surface area contributed by atoms with Crippen molar-refractivity contribution in [3.63, 3.8) is 0 Å². The molecule has 4 rings (SSSR count). The number of nitrogens with zero attached hydrogens (tertiary/aromatic N) is 3. The quantitative estimate of drug-likeness (QED) is 0.793. The summed E-state index contributed by atoms with van der Waals surface area (Å²) in [6.07, 6.45) is -4.67. The Kier molecular flexibility index (Phi) is 4.90. The number of aryl methyl sites for hydroxylation is 1. The minimum Gasteiger partial charge on any atom is -0.507 e. The molecule has 2 aliphatic heterocycles. The van der Waals surface area contributed by atoms with Crippen LogP contribution in [0.2, 0.25) is 0 Å². The van der Waals surface area contributed by atoms with Crippen molar-refractivity contribution in [2.45, 2.75) is 44.5 Å². The number of phenolic OH excluding ortho intramolecular Hbond substituents is 1. The Morgan fingerprint density at radius 3 is 2.66 bits per heavy atom. The standard InChI is InChI=1S/C20H22F3N3O3/c1-10-5-13(20(21,22)23)18(16(27)6-10)14-7-12-11(2)8-26(19(12)25-24-14)15-3-4-29-9-17(15)28/h5-7,11,15,17,27-28H,3-4,8-9H2,1-2H3/t11-,15+,17+/m0/s1. The van der Waals surface area contributed by atoms with Gasteiger partial charge in [-0.05, 0) is 37.1 Å². The Morgan fingerprint density at radius 1 is 1.21 bits per heavy atom. The third kappa shape index (κ3) is 3.53. The number of alkyl halides is 3. The first-order valence-corrected chi connectivity index (χ1v) is 9.48. The van der Waals surface area contributed by atoms with Gasteiger partial charge in [-0.1, -0.05) is 6.92 Å². The van der Waals surface area contributed by atoms with E-state index in [1.165, 1.54) is 13.0 Å². The summed E-state index contributed by atoms with van der Waals surface area (Å²) >= 11 is 0. The Bertz CT molecular complexity index is 935. The van der Waals surface area contributed by atoms with Crippen molar-refractivity contribution >= 4 is 5.82 Å². The molecular formula is C20H22F3N3O3. The van der Waals surface area contributed by atoms with E-state index in [1.54, 1.807) is 6.07 Å². The summed E-state index contributed by atoms with van der Waals surface area (Å²) in [5.74, 6) is 0.0810. The fraction of sp³-hybridized carbons (Fsp3) is 0.500. The highest BCUT2D eigenvalue weighted by Crippen LogP contribution is 2.44. The number of halogens is 3. The normalized spacial score (nSPS) is 24.6. The van der Waals surface area contributed by atoms with Crippen LogP contribution in [0.3, 0.4) is 0 Å². The van der Waals surface area contributed by atoms with E-state index in [2.05, 4.69) is 10.2 Å². The Balaban J connectivity index is 1.78. The number of aliphatic hydroxyl groups excluding tert-OH is 1. The summed E-state index contributed by atoms with van der Waals surface area (Å²) in [4.78, 5) is 1.96. The first kappa shape index (κ1) is 19.9. The lowest BCUT2D eigenvalue weighted by Crippen LogP contribution is -2.49. The van der Waals surface area contributed by atoms with Gasteiger partial charge in [-0.25, -0.2) is 0 Å². The van der Waals surface area contributed by atoms with E-state index in [9.17, 15) is 23.4 Å². The van der Waals surface area contributed by atoms with Crippen LogP contribution in [0.5, 0.6) is 5.75 Å². The van der Waals surface area contributed by atoms with Gasteiger partial charge in [0.1, 0.15) is 5.75 Å². The van der Waals surface area contributed by atoms with Gasteiger partial charge < -0.3 is 19.8 Å². The molecule has 2 aliphatic rings. The highest BCUT2D eigenvalue weighted by molar-refractivity contribution is 5.74. The highest BCUT2D eigenvalue weighted by Gasteiger charge is 2.39. The minimum atomic E-state index is -4.64. The number of hydrogen-bond acceptors (Lipinski definition) is 6. The number of hydrogen-bond donors (Lipinski definition) is 2. The molecule has 0 spiro atoms. The fourth-order valence-electron chi connectivity index (χ4n) is 4.22. The number of ether oxygens (including phenoxy) is 1. The summed E-state index contributed by atoms with van der Waals surface area (Å²) in [5.41, 5.74) is -0.265. The second-order valence-electron chi connectivity index (χ2n) is 7.76. The minimum absolute atomic E-state index is 0.00350. The Morgan fingerprint density at radius 2 is 1.97 bits per heavy atom. The van der Waals surface area contributed by atoms with E-state index >= 15 is 0 Å². The van der Waals surface area contributed by atoms with Gasteiger partial charge in [0.2, 0.25) is 0 Å².